The number of pyridine rings is 1. The predicted octanol–water partition coefficient (Wildman–Crippen LogP) is 2.86. The number of furan rings is 1. The topological polar surface area (TPSA) is 86.9 Å². The molecule has 6 nitrogen and oxygen atoms in total. The van der Waals surface area contributed by atoms with E-state index >= 15 is 0 Å². The molecule has 1 unspecified atom stereocenters. The molecule has 0 aliphatic rings. The van der Waals surface area contributed by atoms with Crippen molar-refractivity contribution in [3.8, 4) is 11.5 Å². The molecule has 1 atom stereocenters. The van der Waals surface area contributed by atoms with Crippen LogP contribution in [-0.2, 0) is 17.5 Å². The summed E-state index contributed by atoms with van der Waals surface area (Å²) in [7, 11) is -1.71. The lowest BCUT2D eigenvalue weighted by molar-refractivity contribution is 0.476. The molecule has 3 heterocycles. The van der Waals surface area contributed by atoms with Crippen LogP contribution in [0.1, 0.15) is 5.56 Å². The third-order valence-corrected chi connectivity index (χ3v) is 4.41. The second kappa shape index (κ2) is 6.23. The van der Waals surface area contributed by atoms with E-state index in [2.05, 4.69) is 10.1 Å². The lowest BCUT2D eigenvalue weighted by atomic mass is 10.2. The third-order valence-electron chi connectivity index (χ3n) is 3.80. The van der Waals surface area contributed by atoms with Gasteiger partial charge in [-0.1, -0.05) is 18.2 Å². The van der Waals surface area contributed by atoms with Crippen LogP contribution in [0.15, 0.2) is 64.2 Å². The van der Waals surface area contributed by atoms with Gasteiger partial charge in [0, 0.05) is 11.8 Å². The number of fused-ring (bicyclic) bond motifs is 1. The van der Waals surface area contributed by atoms with Crippen molar-refractivity contribution in [3.63, 3.8) is 0 Å². The van der Waals surface area contributed by atoms with E-state index in [1.165, 1.54) is 6.07 Å². The average Bonchev–Trinajstić information content (AvgIpc) is 3.22. The molecule has 4 rings (SSSR count). The highest BCUT2D eigenvalue weighted by Crippen LogP contribution is 2.29. The van der Waals surface area contributed by atoms with Gasteiger partial charge >= 0.3 is 0 Å². The summed E-state index contributed by atoms with van der Waals surface area (Å²) in [6, 6.07) is 13.4. The van der Waals surface area contributed by atoms with Crippen molar-refractivity contribution >= 4 is 22.0 Å². The Kier molecular flexibility index (Phi) is 3.90. The first-order chi connectivity index (χ1) is 12.1. The maximum absolute atomic E-state index is 14.0. The molecule has 0 amide bonds. The Balaban J connectivity index is 1.83. The van der Waals surface area contributed by atoms with E-state index in [-0.39, 0.29) is 17.5 Å². The van der Waals surface area contributed by atoms with E-state index in [0.717, 1.165) is 5.39 Å². The number of benzene rings is 1. The van der Waals surface area contributed by atoms with Crippen LogP contribution in [-0.4, -0.2) is 19.0 Å². The molecule has 1 aromatic carbocycles. The van der Waals surface area contributed by atoms with E-state index in [1.807, 2.05) is 6.07 Å². The zero-order valence-electron chi connectivity index (χ0n) is 12.9. The molecule has 0 spiro atoms. The van der Waals surface area contributed by atoms with Gasteiger partial charge in [-0.15, -0.1) is 0 Å². The molecule has 25 heavy (non-hydrogen) atoms. The normalized spacial score (nSPS) is 12.6. The first-order valence-electron chi connectivity index (χ1n) is 7.45. The van der Waals surface area contributed by atoms with Crippen molar-refractivity contribution < 1.29 is 13.0 Å². The van der Waals surface area contributed by atoms with Crippen molar-refractivity contribution in [2.24, 2.45) is 5.14 Å². The van der Waals surface area contributed by atoms with Gasteiger partial charge in [-0.05, 0) is 30.3 Å². The minimum absolute atomic E-state index is 0.163. The summed E-state index contributed by atoms with van der Waals surface area (Å²) in [6.45, 7) is 0.233. The fraction of sp³-hybridized carbons (Fsp3) is 0.0588. The largest absolute Gasteiger partial charge is 0.444 e. The number of hydrogen-bond acceptors (Lipinski definition) is 4. The van der Waals surface area contributed by atoms with Gasteiger partial charge in [-0.25, -0.2) is 23.4 Å². The SMILES string of the molecule is NS(=O)c1ccc(-c2nn(Cc3ccccc3F)c3ncccc23)o1. The smallest absolute Gasteiger partial charge is 0.206 e. The van der Waals surface area contributed by atoms with Crippen LogP contribution in [0, 0.1) is 5.82 Å². The van der Waals surface area contributed by atoms with Gasteiger partial charge in [0.2, 0.25) is 5.09 Å². The lowest BCUT2D eigenvalue weighted by Gasteiger charge is -2.04. The molecule has 4 aromatic rings. The van der Waals surface area contributed by atoms with Crippen molar-refractivity contribution in [3.05, 3.63) is 66.1 Å². The van der Waals surface area contributed by atoms with Crippen LogP contribution in [0.3, 0.4) is 0 Å². The van der Waals surface area contributed by atoms with Crippen LogP contribution >= 0.6 is 0 Å². The number of rotatable bonds is 4. The summed E-state index contributed by atoms with van der Waals surface area (Å²) in [5, 5.41) is 10.8. The van der Waals surface area contributed by atoms with Crippen LogP contribution in [0.4, 0.5) is 4.39 Å². The molecule has 3 aromatic heterocycles. The van der Waals surface area contributed by atoms with Gasteiger partial charge in [-0.3, -0.25) is 0 Å². The molecule has 8 heteroatoms. The zero-order chi connectivity index (χ0) is 17.4. The summed E-state index contributed by atoms with van der Waals surface area (Å²) in [4.78, 5) is 4.35. The molecule has 0 radical (unpaired) electrons. The minimum Gasteiger partial charge on any atom is -0.444 e. The highest BCUT2D eigenvalue weighted by molar-refractivity contribution is 7.82. The Morgan fingerprint density at radius 2 is 2.00 bits per heavy atom. The van der Waals surface area contributed by atoms with Gasteiger partial charge in [0.15, 0.2) is 22.4 Å². The second-order valence-electron chi connectivity index (χ2n) is 5.39. The highest BCUT2D eigenvalue weighted by atomic mass is 32.2. The minimum atomic E-state index is -1.71. The van der Waals surface area contributed by atoms with E-state index in [4.69, 9.17) is 9.56 Å². The number of nitrogens with two attached hydrogens (primary N) is 1. The molecular formula is C17H13FN4O2S. The first kappa shape index (κ1) is 15.7. The quantitative estimate of drug-likeness (QED) is 0.609. The predicted molar refractivity (Wildman–Crippen MR) is 91.3 cm³/mol. The van der Waals surface area contributed by atoms with E-state index in [0.29, 0.717) is 22.7 Å². The first-order valence-corrected chi connectivity index (χ1v) is 8.66. The Morgan fingerprint density at radius 1 is 1.16 bits per heavy atom. The molecule has 0 saturated heterocycles. The molecular weight excluding hydrogens is 343 g/mol. The van der Waals surface area contributed by atoms with E-state index in [1.54, 1.807) is 47.3 Å². The van der Waals surface area contributed by atoms with Gasteiger partial charge in [0.05, 0.1) is 11.9 Å². The fourth-order valence-electron chi connectivity index (χ4n) is 2.65. The summed E-state index contributed by atoms with van der Waals surface area (Å²) in [5.41, 5.74) is 1.65. The number of halogens is 1. The van der Waals surface area contributed by atoms with Crippen molar-refractivity contribution in [2.75, 3.05) is 0 Å². The monoisotopic (exact) mass is 356 g/mol. The van der Waals surface area contributed by atoms with Gasteiger partial charge in [0.1, 0.15) is 11.5 Å². The molecule has 0 aliphatic heterocycles. The van der Waals surface area contributed by atoms with Gasteiger partial charge in [0.25, 0.3) is 0 Å². The molecule has 0 saturated carbocycles. The number of hydrogen-bond donors (Lipinski definition) is 1. The zero-order valence-corrected chi connectivity index (χ0v) is 13.7. The van der Waals surface area contributed by atoms with E-state index in [9.17, 15) is 8.60 Å². The summed E-state index contributed by atoms with van der Waals surface area (Å²) >= 11 is 0. The van der Waals surface area contributed by atoms with Gasteiger partial charge < -0.3 is 4.42 Å². The maximum Gasteiger partial charge on any atom is 0.206 e. The van der Waals surface area contributed by atoms with Gasteiger partial charge in [-0.2, -0.15) is 5.10 Å². The van der Waals surface area contributed by atoms with Crippen molar-refractivity contribution in [1.82, 2.24) is 14.8 Å². The molecule has 0 fully saturated rings. The fourth-order valence-corrected chi connectivity index (χ4v) is 3.02. The second-order valence-corrected chi connectivity index (χ2v) is 6.39. The lowest BCUT2D eigenvalue weighted by Crippen LogP contribution is -2.04. The van der Waals surface area contributed by atoms with Crippen LogP contribution < -0.4 is 5.14 Å². The number of aromatic nitrogens is 3. The van der Waals surface area contributed by atoms with Crippen LogP contribution in [0.5, 0.6) is 0 Å². The molecule has 2 N–H and O–H groups in total. The van der Waals surface area contributed by atoms with Crippen LogP contribution in [0.2, 0.25) is 0 Å². The highest BCUT2D eigenvalue weighted by Gasteiger charge is 2.18. The van der Waals surface area contributed by atoms with Crippen LogP contribution in [0.25, 0.3) is 22.5 Å². The van der Waals surface area contributed by atoms with Crippen molar-refractivity contribution in [2.45, 2.75) is 11.6 Å². The van der Waals surface area contributed by atoms with E-state index < -0.39 is 11.0 Å². The average molecular weight is 356 g/mol. The standard InChI is InChI=1S/C17H13FN4O2S/c18-13-6-2-1-4-11(13)10-22-17-12(5-3-9-20-17)16(21-22)14-7-8-15(24-14)25(19)23/h1-9H,10,19H2. The summed E-state index contributed by atoms with van der Waals surface area (Å²) in [6.07, 6.45) is 1.65. The Morgan fingerprint density at radius 3 is 2.76 bits per heavy atom. The molecule has 0 bridgehead atoms. The maximum atomic E-state index is 14.0. The third kappa shape index (κ3) is 2.86. The summed E-state index contributed by atoms with van der Waals surface area (Å²) in [5.74, 6) is 0.126. The summed E-state index contributed by atoms with van der Waals surface area (Å²) < 4.78 is 32.5. The Labute approximate surface area is 144 Å². The molecule has 126 valence electrons. The van der Waals surface area contributed by atoms with Crippen molar-refractivity contribution in [1.29, 1.82) is 0 Å². The Bertz CT molecular complexity index is 1090. The molecule has 0 aliphatic carbocycles. The number of nitrogens with zero attached hydrogens (tertiary/aromatic N) is 3. The Hall–Kier alpha value is -2.84.